The number of pyridine rings is 1. The number of alkyl halides is 3. The molecule has 0 saturated carbocycles. The van der Waals surface area contributed by atoms with Crippen molar-refractivity contribution in [3.63, 3.8) is 0 Å². The molecule has 1 heterocycles. The number of nitrogens with one attached hydrogen (secondary N) is 1. The quantitative estimate of drug-likeness (QED) is 0.287. The van der Waals surface area contributed by atoms with Gasteiger partial charge in [-0.15, -0.1) is 0 Å². The van der Waals surface area contributed by atoms with Crippen LogP contribution >= 0.6 is 0 Å². The number of rotatable bonds is 7. The van der Waals surface area contributed by atoms with Crippen LogP contribution in [0.1, 0.15) is 28.5 Å². The molecule has 1 aromatic carbocycles. The molecule has 0 radical (unpaired) electrons. The molecule has 164 valence electrons. The lowest BCUT2D eigenvalue weighted by Crippen LogP contribution is -2.20. The van der Waals surface area contributed by atoms with Gasteiger partial charge in [-0.25, -0.2) is 9.79 Å². The molecule has 0 fully saturated rings. The largest absolute Gasteiger partial charge is 0.480 e. The zero-order chi connectivity index (χ0) is 23.2. The van der Waals surface area contributed by atoms with Crippen molar-refractivity contribution in [2.24, 2.45) is 4.99 Å². The molecule has 0 unspecified atom stereocenters. The van der Waals surface area contributed by atoms with Gasteiger partial charge in [0.2, 0.25) is 5.88 Å². The Hall–Kier alpha value is -3.62. The van der Waals surface area contributed by atoms with Gasteiger partial charge >= 0.3 is 12.1 Å². The summed E-state index contributed by atoms with van der Waals surface area (Å²) in [4.78, 5) is 19.7. The van der Waals surface area contributed by atoms with Gasteiger partial charge in [0.15, 0.2) is 0 Å². The summed E-state index contributed by atoms with van der Waals surface area (Å²) in [6, 6.07) is 9.57. The highest BCUT2D eigenvalue weighted by molar-refractivity contribution is 6.00. The number of hydrogen-bond donors (Lipinski definition) is 1. The Labute approximate surface area is 178 Å². The van der Waals surface area contributed by atoms with Crippen LogP contribution in [0.2, 0.25) is 0 Å². The molecule has 1 N–H and O–H groups in total. The number of hydrogen-bond acceptors (Lipinski definition) is 6. The van der Waals surface area contributed by atoms with Crippen molar-refractivity contribution in [2.75, 3.05) is 19.5 Å². The number of anilines is 1. The van der Waals surface area contributed by atoms with E-state index in [1.54, 1.807) is 24.3 Å². The maximum absolute atomic E-state index is 13.9. The van der Waals surface area contributed by atoms with Crippen LogP contribution in [-0.4, -0.2) is 37.1 Å². The van der Waals surface area contributed by atoms with E-state index in [0.717, 1.165) is 12.7 Å². The van der Waals surface area contributed by atoms with Crippen LogP contribution in [0.4, 0.5) is 18.9 Å². The van der Waals surface area contributed by atoms with E-state index in [4.69, 9.17) is 4.74 Å². The van der Waals surface area contributed by atoms with E-state index >= 15 is 0 Å². The van der Waals surface area contributed by atoms with Crippen LogP contribution < -0.4 is 5.32 Å². The minimum absolute atomic E-state index is 0.104. The molecular weight excluding hydrogens is 411 g/mol. The summed E-state index contributed by atoms with van der Waals surface area (Å²) in [5.74, 6) is -1.30. The van der Waals surface area contributed by atoms with Crippen molar-refractivity contribution in [3.05, 3.63) is 83.1 Å². The summed E-state index contributed by atoms with van der Waals surface area (Å²) in [6.45, 7) is 6.84. The van der Waals surface area contributed by atoms with Gasteiger partial charge in [-0.3, -0.25) is 4.98 Å². The summed E-state index contributed by atoms with van der Waals surface area (Å²) in [7, 11) is 2.30. The van der Waals surface area contributed by atoms with E-state index in [1.807, 2.05) is 6.92 Å². The van der Waals surface area contributed by atoms with E-state index in [9.17, 15) is 18.0 Å². The van der Waals surface area contributed by atoms with Crippen LogP contribution in [0.5, 0.6) is 0 Å². The van der Waals surface area contributed by atoms with Crippen molar-refractivity contribution in [3.8, 4) is 0 Å². The Bertz CT molecular complexity index is 1030. The number of aromatic nitrogens is 1. The minimum atomic E-state index is -4.80. The topological polar surface area (TPSA) is 72.8 Å². The third-order valence-corrected chi connectivity index (χ3v) is 4.16. The van der Waals surface area contributed by atoms with Crippen molar-refractivity contribution in [1.82, 2.24) is 4.98 Å². The Morgan fingerprint density at radius 2 is 1.77 bits per heavy atom. The number of carbonyl (C=O) groups is 1. The SMILES string of the molecule is C=C(Nc1ccc(C)cc1)/C(=C(\N=C(C)c1cc(C(=O)OC)ccn1)OC)C(F)(F)F. The van der Waals surface area contributed by atoms with Crippen LogP contribution in [-0.2, 0) is 9.47 Å². The molecule has 2 aromatic rings. The maximum Gasteiger partial charge on any atom is 0.423 e. The summed E-state index contributed by atoms with van der Waals surface area (Å²) in [5, 5.41) is 2.64. The van der Waals surface area contributed by atoms with Crippen molar-refractivity contribution in [1.29, 1.82) is 0 Å². The summed E-state index contributed by atoms with van der Waals surface area (Å²) >= 11 is 0. The zero-order valence-electron chi connectivity index (χ0n) is 17.5. The fourth-order valence-corrected chi connectivity index (χ4v) is 2.58. The highest BCUT2D eigenvalue weighted by Crippen LogP contribution is 2.34. The number of methoxy groups -OCH3 is 2. The molecule has 0 aliphatic rings. The number of ether oxygens (including phenoxy) is 2. The van der Waals surface area contributed by atoms with E-state index in [2.05, 4.69) is 26.6 Å². The number of halogens is 3. The van der Waals surface area contributed by atoms with Gasteiger partial charge in [0, 0.05) is 17.6 Å². The van der Waals surface area contributed by atoms with Gasteiger partial charge < -0.3 is 14.8 Å². The van der Waals surface area contributed by atoms with Crippen molar-refractivity contribution < 1.29 is 27.4 Å². The fourth-order valence-electron chi connectivity index (χ4n) is 2.58. The smallest absolute Gasteiger partial charge is 0.423 e. The lowest BCUT2D eigenvalue weighted by molar-refractivity contribution is -0.0923. The van der Waals surface area contributed by atoms with Crippen LogP contribution in [0.15, 0.2) is 71.3 Å². The summed E-state index contributed by atoms with van der Waals surface area (Å²) < 4.78 is 51.2. The molecule has 0 saturated heterocycles. The molecule has 2 rings (SSSR count). The second-order valence-corrected chi connectivity index (χ2v) is 6.47. The molecule has 0 amide bonds. The molecule has 9 heteroatoms. The predicted molar refractivity (Wildman–Crippen MR) is 112 cm³/mol. The highest BCUT2D eigenvalue weighted by Gasteiger charge is 2.40. The Kier molecular flexibility index (Phi) is 7.57. The first-order chi connectivity index (χ1) is 14.6. The van der Waals surface area contributed by atoms with Crippen LogP contribution in [0.3, 0.4) is 0 Å². The van der Waals surface area contributed by atoms with Gasteiger partial charge in [-0.1, -0.05) is 24.3 Å². The van der Waals surface area contributed by atoms with Gasteiger partial charge in [0.1, 0.15) is 5.57 Å². The standard InChI is InChI=1S/C22H22F3N3O3/c1-13-6-8-17(9-7-13)27-15(3)19(22(23,24)25)20(30-4)28-14(2)18-12-16(10-11-26-18)21(29)31-5/h6-12,27H,3H2,1-2,4-5H3/b20-19-,28-14?. The summed E-state index contributed by atoms with van der Waals surface area (Å²) in [6.07, 6.45) is -3.47. The number of esters is 1. The Balaban J connectivity index is 2.48. The van der Waals surface area contributed by atoms with E-state index in [0.29, 0.717) is 5.69 Å². The number of aliphatic imine (C=N–C) groups is 1. The monoisotopic (exact) mass is 433 g/mol. The van der Waals surface area contributed by atoms with Gasteiger partial charge in [-0.2, -0.15) is 13.2 Å². The Morgan fingerprint density at radius 1 is 1.13 bits per heavy atom. The average Bonchev–Trinajstić information content (AvgIpc) is 2.73. The third-order valence-electron chi connectivity index (χ3n) is 4.16. The number of allylic oxidation sites excluding steroid dienone is 1. The third kappa shape index (κ3) is 6.18. The van der Waals surface area contributed by atoms with Crippen molar-refractivity contribution >= 4 is 17.4 Å². The number of benzene rings is 1. The zero-order valence-corrected chi connectivity index (χ0v) is 17.5. The number of carbonyl (C=O) groups excluding carboxylic acids is 1. The molecule has 0 atom stereocenters. The van der Waals surface area contributed by atoms with E-state index in [1.165, 1.54) is 32.4 Å². The lowest BCUT2D eigenvalue weighted by atomic mass is 10.1. The van der Waals surface area contributed by atoms with E-state index < -0.39 is 29.3 Å². The highest BCUT2D eigenvalue weighted by atomic mass is 19.4. The molecule has 31 heavy (non-hydrogen) atoms. The first kappa shape index (κ1) is 23.7. The Morgan fingerprint density at radius 3 is 2.32 bits per heavy atom. The number of nitrogens with zero attached hydrogens (tertiary/aromatic N) is 2. The average molecular weight is 433 g/mol. The molecule has 0 bridgehead atoms. The van der Waals surface area contributed by atoms with Gasteiger partial charge in [0.05, 0.1) is 31.2 Å². The normalized spacial score (nSPS) is 12.7. The number of aryl methyl sites for hydroxylation is 1. The lowest BCUT2D eigenvalue weighted by Gasteiger charge is -2.18. The van der Waals surface area contributed by atoms with Crippen LogP contribution in [0.25, 0.3) is 0 Å². The summed E-state index contributed by atoms with van der Waals surface area (Å²) in [5.41, 5.74) is 0.276. The molecule has 6 nitrogen and oxygen atoms in total. The second-order valence-electron chi connectivity index (χ2n) is 6.47. The van der Waals surface area contributed by atoms with Gasteiger partial charge in [0.25, 0.3) is 0 Å². The molecule has 0 aliphatic heterocycles. The molecule has 0 aliphatic carbocycles. The predicted octanol–water partition coefficient (Wildman–Crippen LogP) is 5.03. The fraction of sp³-hybridized carbons (Fsp3) is 0.227. The van der Waals surface area contributed by atoms with Crippen molar-refractivity contribution in [2.45, 2.75) is 20.0 Å². The van der Waals surface area contributed by atoms with Crippen LogP contribution in [0, 0.1) is 6.92 Å². The molecule has 0 spiro atoms. The van der Waals surface area contributed by atoms with E-state index in [-0.39, 0.29) is 17.0 Å². The molecule has 1 aromatic heterocycles. The first-order valence-corrected chi connectivity index (χ1v) is 9.05. The molecular formula is C22H22F3N3O3. The maximum atomic E-state index is 13.9. The second kappa shape index (κ2) is 9.92. The van der Waals surface area contributed by atoms with Gasteiger partial charge in [-0.05, 0) is 38.1 Å². The first-order valence-electron chi connectivity index (χ1n) is 9.05. The minimum Gasteiger partial charge on any atom is -0.480 e.